The normalized spacial score (nSPS) is 11.4. The molecular weight excluding hydrogens is 392 g/mol. The van der Waals surface area contributed by atoms with Gasteiger partial charge < -0.3 is 19.5 Å². The van der Waals surface area contributed by atoms with Crippen LogP contribution in [-0.4, -0.2) is 31.2 Å². The second-order valence-corrected chi connectivity index (χ2v) is 7.53. The van der Waals surface area contributed by atoms with Crippen LogP contribution in [0.1, 0.15) is 43.6 Å². The number of rotatable bonds is 9. The van der Waals surface area contributed by atoms with E-state index in [0.29, 0.717) is 41.2 Å². The highest BCUT2D eigenvalue weighted by Gasteiger charge is 2.21. The molecule has 0 aliphatic carbocycles. The zero-order chi connectivity index (χ0) is 21.4. The third-order valence-electron chi connectivity index (χ3n) is 3.73. The number of benzene rings is 1. The fraction of sp³-hybridized carbons (Fsp3) is 0.381. The first kappa shape index (κ1) is 22.2. The largest absolute Gasteiger partial charge is 0.490 e. The van der Waals surface area contributed by atoms with E-state index in [1.165, 1.54) is 18.3 Å². The van der Waals surface area contributed by atoms with Crippen LogP contribution in [0.25, 0.3) is 0 Å². The smallest absolute Gasteiger partial charge is 0.339 e. The first-order chi connectivity index (χ1) is 13.8. The summed E-state index contributed by atoms with van der Waals surface area (Å²) in [6.45, 7) is 8.31. The van der Waals surface area contributed by atoms with Crippen LogP contribution in [0.5, 0.6) is 11.5 Å². The van der Waals surface area contributed by atoms with Crippen molar-refractivity contribution in [3.63, 3.8) is 0 Å². The van der Waals surface area contributed by atoms with E-state index < -0.39 is 18.0 Å². The lowest BCUT2D eigenvalue weighted by molar-refractivity contribution is -0.123. The van der Waals surface area contributed by atoms with E-state index >= 15 is 0 Å². The van der Waals surface area contributed by atoms with Crippen LogP contribution in [0.15, 0.2) is 29.6 Å². The first-order valence-corrected chi connectivity index (χ1v) is 10.1. The molecule has 0 spiro atoms. The molecule has 1 N–H and O–H groups in total. The molecule has 1 aromatic heterocycles. The van der Waals surface area contributed by atoms with Crippen LogP contribution in [0.4, 0.5) is 5.00 Å². The van der Waals surface area contributed by atoms with E-state index in [9.17, 15) is 9.59 Å². The number of nitrogens with one attached hydrogen (secondary N) is 1. The Bertz CT molecular complexity index is 901. The number of hydrogen-bond donors (Lipinski definition) is 1. The molecule has 2 aromatic rings. The molecule has 0 unspecified atom stereocenters. The monoisotopic (exact) mass is 416 g/mol. The van der Waals surface area contributed by atoms with Crippen molar-refractivity contribution in [1.29, 1.82) is 5.26 Å². The number of nitriles is 1. The Hall–Kier alpha value is -3.05. The quantitative estimate of drug-likeness (QED) is 0.614. The van der Waals surface area contributed by atoms with Crippen molar-refractivity contribution >= 4 is 28.2 Å². The van der Waals surface area contributed by atoms with Gasteiger partial charge in [-0.2, -0.15) is 5.26 Å². The highest BCUT2D eigenvalue weighted by molar-refractivity contribution is 7.14. The number of thiophene rings is 1. The number of carbonyl (C=O) groups excluding carboxylic acids is 2. The molecule has 1 heterocycles. The minimum atomic E-state index is -1.04. The lowest BCUT2D eigenvalue weighted by atomic mass is 10.2. The fourth-order valence-corrected chi connectivity index (χ4v) is 3.01. The maximum absolute atomic E-state index is 12.5. The van der Waals surface area contributed by atoms with Gasteiger partial charge in [0.2, 0.25) is 0 Å². The van der Waals surface area contributed by atoms with Gasteiger partial charge in [-0.05, 0) is 49.4 Å². The van der Waals surface area contributed by atoms with Crippen LogP contribution >= 0.6 is 11.3 Å². The molecule has 0 saturated carbocycles. The molecule has 8 heteroatoms. The Morgan fingerprint density at radius 2 is 1.93 bits per heavy atom. The van der Waals surface area contributed by atoms with E-state index in [4.69, 9.17) is 19.5 Å². The number of hydrogen-bond acceptors (Lipinski definition) is 7. The van der Waals surface area contributed by atoms with Crippen LogP contribution in [0.3, 0.4) is 0 Å². The van der Waals surface area contributed by atoms with Crippen LogP contribution < -0.4 is 14.8 Å². The number of anilines is 1. The van der Waals surface area contributed by atoms with Crippen molar-refractivity contribution in [1.82, 2.24) is 0 Å². The predicted molar refractivity (Wildman–Crippen MR) is 110 cm³/mol. The van der Waals surface area contributed by atoms with Gasteiger partial charge in [0.25, 0.3) is 5.91 Å². The summed E-state index contributed by atoms with van der Waals surface area (Å²) in [4.78, 5) is 24.8. The molecule has 0 saturated heterocycles. The Balaban J connectivity index is 2.06. The van der Waals surface area contributed by atoms with E-state index in [0.717, 1.165) is 0 Å². The second-order valence-electron chi connectivity index (χ2n) is 6.61. The van der Waals surface area contributed by atoms with Gasteiger partial charge in [0, 0.05) is 0 Å². The first-order valence-electron chi connectivity index (χ1n) is 9.24. The number of carbonyl (C=O) groups is 2. The summed E-state index contributed by atoms with van der Waals surface area (Å²) < 4.78 is 16.6. The van der Waals surface area contributed by atoms with Gasteiger partial charge in [-0.1, -0.05) is 13.8 Å². The van der Waals surface area contributed by atoms with Gasteiger partial charge in [-0.25, -0.2) is 4.79 Å². The van der Waals surface area contributed by atoms with Crippen molar-refractivity contribution in [2.75, 3.05) is 18.5 Å². The molecule has 0 aliphatic rings. The third kappa shape index (κ3) is 6.22. The van der Waals surface area contributed by atoms with Crippen LogP contribution in [0, 0.1) is 17.2 Å². The minimum absolute atomic E-state index is 0.249. The van der Waals surface area contributed by atoms with Gasteiger partial charge >= 0.3 is 5.97 Å². The molecule has 0 bridgehead atoms. The predicted octanol–water partition coefficient (Wildman–Crippen LogP) is 4.24. The maximum Gasteiger partial charge on any atom is 0.339 e. The summed E-state index contributed by atoms with van der Waals surface area (Å²) in [5.41, 5.74) is 0.610. The number of ether oxygens (including phenoxy) is 3. The molecular formula is C21H24N2O5S. The van der Waals surface area contributed by atoms with E-state index in [1.807, 2.05) is 26.8 Å². The zero-order valence-corrected chi connectivity index (χ0v) is 17.7. The minimum Gasteiger partial charge on any atom is -0.490 e. The molecule has 1 aromatic carbocycles. The molecule has 1 atom stereocenters. The lowest BCUT2D eigenvalue weighted by Gasteiger charge is -2.16. The summed E-state index contributed by atoms with van der Waals surface area (Å²) in [5.74, 6) is 0.162. The Kier molecular flexibility index (Phi) is 8.04. The van der Waals surface area contributed by atoms with E-state index in [1.54, 1.807) is 29.6 Å². The topological polar surface area (TPSA) is 97.6 Å². The van der Waals surface area contributed by atoms with Gasteiger partial charge in [-0.15, -0.1) is 11.3 Å². The molecule has 2 rings (SSSR count). The van der Waals surface area contributed by atoms with Gasteiger partial charge in [0.1, 0.15) is 11.1 Å². The number of nitrogens with zero attached hydrogens (tertiary/aromatic N) is 1. The van der Waals surface area contributed by atoms with Crippen LogP contribution in [-0.2, 0) is 9.53 Å². The van der Waals surface area contributed by atoms with Crippen LogP contribution in [0.2, 0.25) is 0 Å². The standard InChI is InChI=1S/C21H24N2O5S/c1-5-26-18-10-15(6-7-17(18)27-12-13(2)3)21(25)28-14(4)19(24)23-20-16(11-22)8-9-29-20/h6-10,13-14H,5,12H2,1-4H3,(H,23,24)/t14-/m1/s1. The van der Waals surface area contributed by atoms with Crippen molar-refractivity contribution in [2.45, 2.75) is 33.8 Å². The summed E-state index contributed by atoms with van der Waals surface area (Å²) in [6.07, 6.45) is -1.04. The van der Waals surface area contributed by atoms with E-state index in [2.05, 4.69) is 5.32 Å². The Morgan fingerprint density at radius 1 is 1.17 bits per heavy atom. The molecule has 154 valence electrons. The average Bonchev–Trinajstić information content (AvgIpc) is 3.14. The maximum atomic E-state index is 12.5. The highest BCUT2D eigenvalue weighted by atomic mass is 32.1. The molecule has 0 aliphatic heterocycles. The van der Waals surface area contributed by atoms with Gasteiger partial charge in [-0.3, -0.25) is 4.79 Å². The molecule has 1 amide bonds. The highest BCUT2D eigenvalue weighted by Crippen LogP contribution is 2.29. The molecule has 0 radical (unpaired) electrons. The van der Waals surface area contributed by atoms with Crippen molar-refractivity contribution < 1.29 is 23.8 Å². The van der Waals surface area contributed by atoms with Crippen molar-refractivity contribution in [3.8, 4) is 17.6 Å². The summed E-state index contributed by atoms with van der Waals surface area (Å²) in [6, 6.07) is 8.36. The lowest BCUT2D eigenvalue weighted by Crippen LogP contribution is -2.30. The third-order valence-corrected chi connectivity index (χ3v) is 4.56. The van der Waals surface area contributed by atoms with Crippen molar-refractivity contribution in [2.24, 2.45) is 5.92 Å². The SMILES string of the molecule is CCOc1cc(C(=O)O[C@H](C)C(=O)Nc2sccc2C#N)ccc1OCC(C)C. The van der Waals surface area contributed by atoms with E-state index in [-0.39, 0.29) is 5.56 Å². The average molecular weight is 416 g/mol. The summed E-state index contributed by atoms with van der Waals surface area (Å²) in [5, 5.41) is 13.7. The summed E-state index contributed by atoms with van der Waals surface area (Å²) in [7, 11) is 0. The molecule has 29 heavy (non-hydrogen) atoms. The summed E-state index contributed by atoms with van der Waals surface area (Å²) >= 11 is 1.23. The molecule has 7 nitrogen and oxygen atoms in total. The Morgan fingerprint density at radius 3 is 2.59 bits per heavy atom. The van der Waals surface area contributed by atoms with Gasteiger partial charge in [0.15, 0.2) is 17.6 Å². The Labute approximate surface area is 174 Å². The second kappa shape index (κ2) is 10.5. The van der Waals surface area contributed by atoms with Gasteiger partial charge in [0.05, 0.1) is 24.3 Å². The van der Waals surface area contributed by atoms with Crippen molar-refractivity contribution in [3.05, 3.63) is 40.8 Å². The molecule has 0 fully saturated rings. The number of amides is 1. The number of esters is 1. The fourth-order valence-electron chi connectivity index (χ4n) is 2.27. The zero-order valence-electron chi connectivity index (χ0n) is 16.9.